The molecule has 2 heterocycles. The molecular formula is C13H16N4. The van der Waals surface area contributed by atoms with Crippen LogP contribution in [0, 0.1) is 0 Å². The summed E-state index contributed by atoms with van der Waals surface area (Å²) >= 11 is 0. The highest BCUT2D eigenvalue weighted by atomic mass is 15.2. The van der Waals surface area contributed by atoms with Crippen molar-refractivity contribution >= 4 is 16.6 Å². The van der Waals surface area contributed by atoms with Crippen LogP contribution in [0.15, 0.2) is 30.5 Å². The highest BCUT2D eigenvalue weighted by Crippen LogP contribution is 2.26. The zero-order valence-electron chi connectivity index (χ0n) is 9.93. The van der Waals surface area contributed by atoms with Crippen molar-refractivity contribution in [1.29, 1.82) is 0 Å². The maximum atomic E-state index is 4.16. The normalized spacial score (nSPS) is 20.1. The van der Waals surface area contributed by atoms with Gasteiger partial charge in [-0.2, -0.15) is 10.2 Å². The number of nitrogens with zero attached hydrogens (tertiary/aromatic N) is 3. The Hall–Kier alpha value is -1.68. The van der Waals surface area contributed by atoms with E-state index < -0.39 is 0 Å². The lowest BCUT2D eigenvalue weighted by Crippen LogP contribution is -2.29. The number of anilines is 1. The first-order valence-corrected chi connectivity index (χ1v) is 6.01. The molecule has 1 aromatic carbocycles. The zero-order valence-corrected chi connectivity index (χ0v) is 9.93. The Bertz CT molecular complexity index is 520. The number of aromatic nitrogens is 2. The number of hydrogen-bond acceptors (Lipinski definition) is 4. The minimum Gasteiger partial charge on any atom is -0.368 e. The molecule has 1 fully saturated rings. The molecule has 1 atom stereocenters. The Morgan fingerprint density at radius 1 is 1.35 bits per heavy atom. The molecular weight excluding hydrogens is 212 g/mol. The van der Waals surface area contributed by atoms with Gasteiger partial charge in [0, 0.05) is 24.5 Å². The van der Waals surface area contributed by atoms with Crippen molar-refractivity contribution in [1.82, 2.24) is 15.5 Å². The van der Waals surface area contributed by atoms with E-state index in [-0.39, 0.29) is 0 Å². The summed E-state index contributed by atoms with van der Waals surface area (Å²) in [7, 11) is 2.02. The van der Waals surface area contributed by atoms with E-state index in [1.54, 1.807) is 0 Å². The van der Waals surface area contributed by atoms with Crippen molar-refractivity contribution in [2.24, 2.45) is 0 Å². The molecule has 1 unspecified atom stereocenters. The van der Waals surface area contributed by atoms with E-state index in [1.165, 1.54) is 17.5 Å². The summed E-state index contributed by atoms with van der Waals surface area (Å²) in [6.07, 6.45) is 3.06. The standard InChI is InChI=1S/C13H16N4/c1-14-10-6-7-17(9-10)13-8-15-16-12-5-3-2-4-11(12)13/h2-5,8,10,14H,6-7,9H2,1H3. The van der Waals surface area contributed by atoms with Gasteiger partial charge >= 0.3 is 0 Å². The molecule has 88 valence electrons. The van der Waals surface area contributed by atoms with Crippen LogP contribution in [0.2, 0.25) is 0 Å². The van der Waals surface area contributed by atoms with Gasteiger partial charge in [-0.15, -0.1) is 0 Å². The predicted octanol–water partition coefficient (Wildman–Crippen LogP) is 1.43. The molecule has 0 spiro atoms. The molecule has 0 radical (unpaired) electrons. The lowest BCUT2D eigenvalue weighted by atomic mass is 10.2. The number of benzene rings is 1. The largest absolute Gasteiger partial charge is 0.368 e. The number of fused-ring (bicyclic) bond motifs is 1. The second-order valence-electron chi connectivity index (χ2n) is 4.47. The summed E-state index contributed by atoms with van der Waals surface area (Å²) in [4.78, 5) is 2.39. The van der Waals surface area contributed by atoms with Gasteiger partial charge in [0.25, 0.3) is 0 Å². The number of rotatable bonds is 2. The summed E-state index contributed by atoms with van der Waals surface area (Å²) in [5.41, 5.74) is 2.17. The van der Waals surface area contributed by atoms with Crippen LogP contribution >= 0.6 is 0 Å². The Balaban J connectivity index is 2.00. The summed E-state index contributed by atoms with van der Waals surface area (Å²) in [6.45, 7) is 2.13. The van der Waals surface area contributed by atoms with E-state index in [9.17, 15) is 0 Å². The van der Waals surface area contributed by atoms with Crippen LogP contribution in [0.25, 0.3) is 10.9 Å². The van der Waals surface area contributed by atoms with Crippen molar-refractivity contribution < 1.29 is 0 Å². The van der Waals surface area contributed by atoms with E-state index >= 15 is 0 Å². The fourth-order valence-corrected chi connectivity index (χ4v) is 2.46. The molecule has 17 heavy (non-hydrogen) atoms. The minimum atomic E-state index is 0.585. The monoisotopic (exact) mass is 228 g/mol. The lowest BCUT2D eigenvalue weighted by Gasteiger charge is -2.19. The molecule has 1 aromatic heterocycles. The predicted molar refractivity (Wildman–Crippen MR) is 69.2 cm³/mol. The van der Waals surface area contributed by atoms with E-state index in [2.05, 4.69) is 32.5 Å². The van der Waals surface area contributed by atoms with Crippen LogP contribution < -0.4 is 10.2 Å². The molecule has 0 amide bonds. The van der Waals surface area contributed by atoms with Crippen molar-refractivity contribution in [3.8, 4) is 0 Å². The van der Waals surface area contributed by atoms with Gasteiger partial charge in [-0.05, 0) is 19.5 Å². The van der Waals surface area contributed by atoms with E-state index in [1.807, 2.05) is 25.4 Å². The van der Waals surface area contributed by atoms with Crippen LogP contribution in [0.3, 0.4) is 0 Å². The zero-order chi connectivity index (χ0) is 11.7. The van der Waals surface area contributed by atoms with Crippen LogP contribution in [0.1, 0.15) is 6.42 Å². The maximum Gasteiger partial charge on any atom is 0.0950 e. The van der Waals surface area contributed by atoms with Crippen LogP contribution in [-0.2, 0) is 0 Å². The third-order valence-corrected chi connectivity index (χ3v) is 3.46. The Morgan fingerprint density at radius 2 is 2.24 bits per heavy atom. The molecule has 2 aromatic rings. The smallest absolute Gasteiger partial charge is 0.0950 e. The van der Waals surface area contributed by atoms with Gasteiger partial charge in [-0.25, -0.2) is 0 Å². The van der Waals surface area contributed by atoms with Gasteiger partial charge in [-0.1, -0.05) is 18.2 Å². The first kappa shape index (κ1) is 10.5. The first-order valence-electron chi connectivity index (χ1n) is 6.01. The molecule has 1 aliphatic rings. The minimum absolute atomic E-state index is 0.585. The van der Waals surface area contributed by atoms with Crippen LogP contribution in [-0.4, -0.2) is 36.4 Å². The van der Waals surface area contributed by atoms with E-state index in [0.29, 0.717) is 6.04 Å². The van der Waals surface area contributed by atoms with Gasteiger partial charge in [0.2, 0.25) is 0 Å². The van der Waals surface area contributed by atoms with Crippen LogP contribution in [0.4, 0.5) is 5.69 Å². The molecule has 1 saturated heterocycles. The SMILES string of the molecule is CNC1CCN(c2cnnc3ccccc23)C1. The summed E-state index contributed by atoms with van der Waals surface area (Å²) in [6, 6.07) is 8.77. The quantitative estimate of drug-likeness (QED) is 0.844. The fraction of sp³-hybridized carbons (Fsp3) is 0.385. The highest BCUT2D eigenvalue weighted by Gasteiger charge is 2.22. The molecule has 1 aliphatic heterocycles. The Kier molecular flexibility index (Phi) is 2.65. The van der Waals surface area contributed by atoms with Crippen molar-refractivity contribution in [3.63, 3.8) is 0 Å². The van der Waals surface area contributed by atoms with E-state index in [4.69, 9.17) is 0 Å². The summed E-state index contributed by atoms with van der Waals surface area (Å²) < 4.78 is 0. The maximum absolute atomic E-state index is 4.16. The average Bonchev–Trinajstić information content (AvgIpc) is 2.87. The molecule has 0 saturated carbocycles. The van der Waals surface area contributed by atoms with Crippen LogP contribution in [0.5, 0.6) is 0 Å². The number of likely N-dealkylation sites (N-methyl/N-ethyl adjacent to an activating group) is 1. The fourth-order valence-electron chi connectivity index (χ4n) is 2.46. The van der Waals surface area contributed by atoms with Crippen molar-refractivity contribution in [2.75, 3.05) is 25.0 Å². The number of hydrogen-bond donors (Lipinski definition) is 1. The molecule has 3 rings (SSSR count). The third-order valence-electron chi connectivity index (χ3n) is 3.46. The number of nitrogens with one attached hydrogen (secondary N) is 1. The average molecular weight is 228 g/mol. The van der Waals surface area contributed by atoms with Gasteiger partial charge in [-0.3, -0.25) is 0 Å². The second kappa shape index (κ2) is 4.30. The highest BCUT2D eigenvalue weighted by molar-refractivity contribution is 5.90. The topological polar surface area (TPSA) is 41.0 Å². The molecule has 4 heteroatoms. The Morgan fingerprint density at radius 3 is 3.06 bits per heavy atom. The van der Waals surface area contributed by atoms with Gasteiger partial charge in [0.05, 0.1) is 17.4 Å². The molecule has 4 nitrogen and oxygen atoms in total. The van der Waals surface area contributed by atoms with Gasteiger partial charge in [0.1, 0.15) is 0 Å². The van der Waals surface area contributed by atoms with Gasteiger partial charge in [0.15, 0.2) is 0 Å². The first-order chi connectivity index (χ1) is 8.38. The molecule has 0 aliphatic carbocycles. The molecule has 0 bridgehead atoms. The summed E-state index contributed by atoms with van der Waals surface area (Å²) in [5.74, 6) is 0. The second-order valence-corrected chi connectivity index (χ2v) is 4.47. The van der Waals surface area contributed by atoms with E-state index in [0.717, 1.165) is 18.6 Å². The Labute approximate surface area is 101 Å². The lowest BCUT2D eigenvalue weighted by molar-refractivity contribution is 0.617. The van der Waals surface area contributed by atoms with Crippen molar-refractivity contribution in [3.05, 3.63) is 30.5 Å². The van der Waals surface area contributed by atoms with Crippen molar-refractivity contribution in [2.45, 2.75) is 12.5 Å². The van der Waals surface area contributed by atoms with Gasteiger partial charge < -0.3 is 10.2 Å². The third kappa shape index (κ3) is 1.85. The summed E-state index contributed by atoms with van der Waals surface area (Å²) in [5, 5.41) is 12.8. The molecule has 1 N–H and O–H groups in total.